The number of allylic oxidation sites excluding steroid dienone is 2. The molecule has 0 radical (unpaired) electrons. The van der Waals surface area contributed by atoms with Crippen LogP contribution in [0, 0.1) is 29.1 Å². The number of hydrogen-bond donors (Lipinski definition) is 0. The molecule has 2 fully saturated rings. The predicted octanol–water partition coefficient (Wildman–Crippen LogP) is 6.94. The third-order valence-corrected chi connectivity index (χ3v) is 6.68. The minimum Gasteiger partial charge on any atom is -0.251 e. The zero-order valence-electron chi connectivity index (χ0n) is 15.9. The van der Waals surface area contributed by atoms with Gasteiger partial charge in [0.1, 0.15) is 0 Å². The number of alkyl halides is 1. The Morgan fingerprint density at radius 2 is 1.54 bits per heavy atom. The lowest BCUT2D eigenvalue weighted by Gasteiger charge is -2.37. The van der Waals surface area contributed by atoms with E-state index < -0.39 is 0 Å². The first-order chi connectivity index (χ1) is 12.8. The lowest BCUT2D eigenvalue weighted by atomic mass is 9.68. The second kappa shape index (κ2) is 9.91. The molecule has 1 aromatic rings. The van der Waals surface area contributed by atoms with Crippen molar-refractivity contribution < 1.29 is 4.39 Å². The molecular weight excluding hydrogens is 321 g/mol. The van der Waals surface area contributed by atoms with Crippen molar-refractivity contribution >= 4 is 0 Å². The van der Waals surface area contributed by atoms with E-state index in [-0.39, 0.29) is 6.67 Å². The van der Waals surface area contributed by atoms with Gasteiger partial charge in [0.2, 0.25) is 0 Å². The Morgan fingerprint density at radius 1 is 0.923 bits per heavy atom. The summed E-state index contributed by atoms with van der Waals surface area (Å²) < 4.78 is 12.1. The molecule has 2 saturated carbocycles. The minimum atomic E-state index is -0.192. The molecule has 0 aliphatic heterocycles. The highest BCUT2D eigenvalue weighted by molar-refractivity contribution is 5.33. The van der Waals surface area contributed by atoms with Crippen LogP contribution in [0.2, 0.25) is 0 Å². The number of benzene rings is 1. The first-order valence-corrected chi connectivity index (χ1v) is 10.5. The average Bonchev–Trinajstić information content (AvgIpc) is 2.72. The summed E-state index contributed by atoms with van der Waals surface area (Å²) in [4.78, 5) is 0. The van der Waals surface area contributed by atoms with Crippen LogP contribution in [0.5, 0.6) is 0 Å². The SMILES string of the molecule is N#Cc1ccc(C2CCC(C3CCC(C=CCCCF)CC3)CC2)cc1. The second-order valence-corrected chi connectivity index (χ2v) is 8.28. The van der Waals surface area contributed by atoms with Crippen LogP contribution in [-0.4, -0.2) is 6.67 Å². The van der Waals surface area contributed by atoms with Gasteiger partial charge >= 0.3 is 0 Å². The standard InChI is InChI=1S/C24H32FN/c25-17-3-1-2-4-19-5-9-21(10-6-19)23-13-15-24(16-14-23)22-11-7-20(18-26)8-12-22/h2,4,7-8,11-12,19,21,23-24H,1,3,5-6,9-10,13-17H2. The number of hydrogen-bond acceptors (Lipinski definition) is 1. The van der Waals surface area contributed by atoms with Crippen LogP contribution >= 0.6 is 0 Å². The van der Waals surface area contributed by atoms with Crippen molar-refractivity contribution in [3.8, 4) is 6.07 Å². The molecule has 2 aliphatic carbocycles. The molecular formula is C24H32FN. The van der Waals surface area contributed by atoms with E-state index in [1.807, 2.05) is 12.1 Å². The number of rotatable bonds is 6. The molecule has 0 unspecified atom stereocenters. The molecule has 0 spiro atoms. The van der Waals surface area contributed by atoms with Gasteiger partial charge in [0.15, 0.2) is 0 Å². The molecule has 1 nitrogen and oxygen atoms in total. The molecule has 0 saturated heterocycles. The molecule has 0 heterocycles. The number of halogens is 1. The second-order valence-electron chi connectivity index (χ2n) is 8.28. The van der Waals surface area contributed by atoms with Crippen molar-refractivity contribution in [2.75, 3.05) is 6.67 Å². The van der Waals surface area contributed by atoms with Crippen LogP contribution in [0.15, 0.2) is 36.4 Å². The van der Waals surface area contributed by atoms with E-state index in [9.17, 15) is 4.39 Å². The Hall–Kier alpha value is -1.62. The molecule has 0 amide bonds. The smallest absolute Gasteiger partial charge is 0.0991 e. The van der Waals surface area contributed by atoms with Crippen LogP contribution in [0.3, 0.4) is 0 Å². The maximum atomic E-state index is 12.1. The van der Waals surface area contributed by atoms with Gasteiger partial charge in [0.25, 0.3) is 0 Å². The maximum absolute atomic E-state index is 12.1. The van der Waals surface area contributed by atoms with Gasteiger partial charge in [-0.2, -0.15) is 5.26 Å². The molecule has 0 atom stereocenters. The lowest BCUT2D eigenvalue weighted by Crippen LogP contribution is -2.25. The summed E-state index contributed by atoms with van der Waals surface area (Å²) in [5.41, 5.74) is 2.18. The first kappa shape index (κ1) is 19.2. The molecule has 0 N–H and O–H groups in total. The van der Waals surface area contributed by atoms with Crippen LogP contribution in [0.4, 0.5) is 4.39 Å². The number of unbranched alkanes of at least 4 members (excludes halogenated alkanes) is 1. The quantitative estimate of drug-likeness (QED) is 0.401. The van der Waals surface area contributed by atoms with Gasteiger partial charge in [0.05, 0.1) is 18.3 Å². The molecule has 0 bridgehead atoms. The van der Waals surface area contributed by atoms with Crippen molar-refractivity contribution in [1.29, 1.82) is 5.26 Å². The van der Waals surface area contributed by atoms with Gasteiger partial charge < -0.3 is 0 Å². The highest BCUT2D eigenvalue weighted by Crippen LogP contribution is 2.44. The molecule has 0 aromatic heterocycles. The highest BCUT2D eigenvalue weighted by Gasteiger charge is 2.30. The summed E-state index contributed by atoms with van der Waals surface area (Å²) in [5.74, 6) is 3.27. The van der Waals surface area contributed by atoms with Gasteiger partial charge in [-0.3, -0.25) is 4.39 Å². The van der Waals surface area contributed by atoms with Crippen LogP contribution in [0.25, 0.3) is 0 Å². The fourth-order valence-electron chi connectivity index (χ4n) is 5.05. The Morgan fingerprint density at radius 3 is 2.12 bits per heavy atom. The van der Waals surface area contributed by atoms with Gasteiger partial charge in [-0.25, -0.2) is 0 Å². The van der Waals surface area contributed by atoms with Gasteiger partial charge in [-0.1, -0.05) is 24.3 Å². The van der Waals surface area contributed by atoms with Crippen LogP contribution < -0.4 is 0 Å². The average molecular weight is 354 g/mol. The summed E-state index contributed by atoms with van der Waals surface area (Å²) in [7, 11) is 0. The fourth-order valence-corrected chi connectivity index (χ4v) is 5.05. The first-order valence-electron chi connectivity index (χ1n) is 10.5. The van der Waals surface area contributed by atoms with Gasteiger partial charge in [0, 0.05) is 0 Å². The van der Waals surface area contributed by atoms with E-state index in [1.54, 1.807) is 0 Å². The van der Waals surface area contributed by atoms with E-state index >= 15 is 0 Å². The van der Waals surface area contributed by atoms with Crippen molar-refractivity contribution in [2.45, 2.75) is 70.1 Å². The zero-order valence-corrected chi connectivity index (χ0v) is 15.9. The third-order valence-electron chi connectivity index (χ3n) is 6.68. The Bertz CT molecular complexity index is 596. The summed E-state index contributed by atoms with van der Waals surface area (Å²) in [6.07, 6.45) is 16.9. The highest BCUT2D eigenvalue weighted by atomic mass is 19.1. The van der Waals surface area contributed by atoms with E-state index in [1.165, 1.54) is 56.9 Å². The minimum absolute atomic E-state index is 0.192. The number of nitriles is 1. The van der Waals surface area contributed by atoms with E-state index in [4.69, 9.17) is 5.26 Å². The molecule has 3 rings (SSSR count). The fraction of sp³-hybridized carbons (Fsp3) is 0.625. The Labute approximate surface area is 158 Å². The van der Waals surface area contributed by atoms with Crippen molar-refractivity contribution in [2.24, 2.45) is 17.8 Å². The summed E-state index contributed by atoms with van der Waals surface area (Å²) in [6, 6.07) is 10.4. The van der Waals surface area contributed by atoms with Crippen molar-refractivity contribution in [3.63, 3.8) is 0 Å². The Kier molecular flexibility index (Phi) is 7.30. The number of nitrogens with zero attached hydrogens (tertiary/aromatic N) is 1. The normalized spacial score (nSPS) is 29.5. The van der Waals surface area contributed by atoms with E-state index in [2.05, 4.69) is 30.4 Å². The largest absolute Gasteiger partial charge is 0.251 e. The summed E-state index contributed by atoms with van der Waals surface area (Å²) in [5, 5.41) is 8.94. The van der Waals surface area contributed by atoms with Crippen molar-refractivity contribution in [1.82, 2.24) is 0 Å². The molecule has 140 valence electrons. The summed E-state index contributed by atoms with van der Waals surface area (Å²) in [6.45, 7) is -0.192. The zero-order chi connectivity index (χ0) is 18.2. The molecule has 26 heavy (non-hydrogen) atoms. The van der Waals surface area contributed by atoms with Crippen molar-refractivity contribution in [3.05, 3.63) is 47.5 Å². The van der Waals surface area contributed by atoms with Crippen LogP contribution in [-0.2, 0) is 0 Å². The Balaban J connectivity index is 1.41. The monoisotopic (exact) mass is 353 g/mol. The predicted molar refractivity (Wildman–Crippen MR) is 106 cm³/mol. The van der Waals surface area contributed by atoms with Crippen LogP contribution in [0.1, 0.15) is 81.3 Å². The summed E-state index contributed by atoms with van der Waals surface area (Å²) >= 11 is 0. The molecule has 2 aliphatic rings. The molecule has 2 heteroatoms. The maximum Gasteiger partial charge on any atom is 0.0991 e. The third kappa shape index (κ3) is 5.19. The van der Waals surface area contributed by atoms with E-state index in [0.29, 0.717) is 12.3 Å². The molecule has 1 aromatic carbocycles. The van der Waals surface area contributed by atoms with Gasteiger partial charge in [-0.15, -0.1) is 0 Å². The van der Waals surface area contributed by atoms with Gasteiger partial charge in [-0.05, 0) is 106 Å². The lowest BCUT2D eigenvalue weighted by molar-refractivity contribution is 0.171. The topological polar surface area (TPSA) is 23.8 Å². The van der Waals surface area contributed by atoms with E-state index in [0.717, 1.165) is 29.7 Å².